The summed E-state index contributed by atoms with van der Waals surface area (Å²) in [6.45, 7) is 8.42. The lowest BCUT2D eigenvalue weighted by Crippen LogP contribution is -2.59. The van der Waals surface area contributed by atoms with Crippen LogP contribution in [0.5, 0.6) is 5.75 Å². The van der Waals surface area contributed by atoms with Crippen LogP contribution in [0.3, 0.4) is 0 Å². The summed E-state index contributed by atoms with van der Waals surface area (Å²) in [5, 5.41) is 12.2. The minimum atomic E-state index is -1.49. The molecule has 5 aliphatic rings. The molecule has 0 radical (unpaired) electrons. The number of benzene rings is 1. The molecule has 0 aliphatic carbocycles. The fourth-order valence-corrected chi connectivity index (χ4v) is 5.66. The molecule has 0 unspecified atom stereocenters. The van der Waals surface area contributed by atoms with Gasteiger partial charge in [-0.3, -0.25) is 14.6 Å². The molecule has 0 saturated carbocycles. The maximum Gasteiger partial charge on any atom is 0.274 e. The Kier molecular flexibility index (Phi) is 3.85. The molecule has 2 amide bonds. The van der Waals surface area contributed by atoms with Gasteiger partial charge in [0.05, 0.1) is 11.4 Å². The molecule has 2 atom stereocenters. The zero-order valence-electron chi connectivity index (χ0n) is 19.3. The van der Waals surface area contributed by atoms with Crippen molar-refractivity contribution in [3.63, 3.8) is 0 Å². The van der Waals surface area contributed by atoms with Crippen LogP contribution in [-0.2, 0) is 15.2 Å². The van der Waals surface area contributed by atoms with Gasteiger partial charge in [0.1, 0.15) is 28.7 Å². The van der Waals surface area contributed by atoms with Crippen molar-refractivity contribution in [1.29, 1.82) is 0 Å². The first-order valence-corrected chi connectivity index (χ1v) is 11.4. The molecule has 1 N–H and O–H groups in total. The van der Waals surface area contributed by atoms with Crippen LogP contribution in [0.4, 0.5) is 5.69 Å². The molecule has 33 heavy (non-hydrogen) atoms. The van der Waals surface area contributed by atoms with Crippen molar-refractivity contribution in [2.24, 2.45) is 10.4 Å². The first-order chi connectivity index (χ1) is 15.5. The molecule has 7 nitrogen and oxygen atoms in total. The average molecular weight is 446 g/mol. The molecule has 1 fully saturated rings. The van der Waals surface area contributed by atoms with Gasteiger partial charge in [0.15, 0.2) is 0 Å². The number of allylic oxidation sites excluding steroid dienone is 1. The van der Waals surface area contributed by atoms with Crippen LogP contribution >= 0.6 is 0 Å². The van der Waals surface area contributed by atoms with Crippen LogP contribution in [0.15, 0.2) is 47.3 Å². The van der Waals surface area contributed by atoms with E-state index in [-0.39, 0.29) is 18.2 Å². The predicted molar refractivity (Wildman–Crippen MR) is 124 cm³/mol. The number of aliphatic imine (C=N–C) groups is 1. The lowest BCUT2D eigenvalue weighted by atomic mass is 9.71. The molecule has 0 bridgehead atoms. The van der Waals surface area contributed by atoms with E-state index in [1.165, 1.54) is 4.90 Å². The van der Waals surface area contributed by atoms with Crippen molar-refractivity contribution >= 4 is 29.3 Å². The summed E-state index contributed by atoms with van der Waals surface area (Å²) in [6, 6.07) is 2.91. The number of hydrogen-bond acceptors (Lipinski definition) is 5. The van der Waals surface area contributed by atoms with E-state index in [9.17, 15) is 14.7 Å². The maximum atomic E-state index is 13.4. The largest absolute Gasteiger partial charge is 0.483 e. The van der Waals surface area contributed by atoms with Crippen LogP contribution in [0.25, 0.3) is 6.08 Å². The molecular weight excluding hydrogens is 418 g/mol. The first-order valence-electron chi connectivity index (χ1n) is 11.4. The Hall–Kier alpha value is -3.19. The monoisotopic (exact) mass is 445 g/mol. The highest BCUT2D eigenvalue weighted by atomic mass is 16.5. The van der Waals surface area contributed by atoms with E-state index < -0.39 is 22.7 Å². The van der Waals surface area contributed by atoms with Crippen LogP contribution in [0.1, 0.15) is 51.7 Å². The van der Waals surface area contributed by atoms with Crippen molar-refractivity contribution in [3.8, 4) is 5.75 Å². The number of carbonyl (C=O) groups excluding carboxylic acids is 2. The fraction of sp³-hybridized carbons (Fsp3) is 0.423. The lowest BCUT2D eigenvalue weighted by molar-refractivity contribution is -0.149. The van der Waals surface area contributed by atoms with Gasteiger partial charge in [-0.05, 0) is 44.6 Å². The number of hydrogen-bond donors (Lipinski definition) is 1. The number of aliphatic hydroxyl groups is 1. The molecular formula is C26H27N3O4. The Bertz CT molecular complexity index is 1250. The summed E-state index contributed by atoms with van der Waals surface area (Å²) in [7, 11) is 0. The van der Waals surface area contributed by atoms with Gasteiger partial charge in [-0.25, -0.2) is 0 Å². The Morgan fingerprint density at radius 3 is 2.73 bits per heavy atom. The van der Waals surface area contributed by atoms with E-state index in [2.05, 4.69) is 0 Å². The zero-order valence-corrected chi connectivity index (χ0v) is 19.3. The third-order valence-electron chi connectivity index (χ3n) is 7.33. The van der Waals surface area contributed by atoms with E-state index in [4.69, 9.17) is 9.73 Å². The number of fused-ring (bicyclic) bond motifs is 7. The van der Waals surface area contributed by atoms with Crippen molar-refractivity contribution in [1.82, 2.24) is 9.80 Å². The van der Waals surface area contributed by atoms with E-state index in [1.54, 1.807) is 11.1 Å². The molecule has 170 valence electrons. The SMILES string of the molecule is CC1(C)C=Cc2c(ccc3c2N=C2C(C)(C)/C=C\N4C(=O)C5=CCCN5C(=O)[C@@H]4C[C@@]23O)O1. The van der Waals surface area contributed by atoms with E-state index in [0.29, 0.717) is 41.4 Å². The molecule has 5 heterocycles. The van der Waals surface area contributed by atoms with Crippen LogP contribution in [0, 0.1) is 5.41 Å². The maximum absolute atomic E-state index is 13.4. The number of ether oxygens (including phenoxy) is 1. The summed E-state index contributed by atoms with van der Waals surface area (Å²) in [4.78, 5) is 34.7. The minimum Gasteiger partial charge on any atom is -0.483 e. The molecule has 7 heteroatoms. The topological polar surface area (TPSA) is 82.4 Å². The second kappa shape index (κ2) is 6.23. The third-order valence-corrected chi connectivity index (χ3v) is 7.33. The first kappa shape index (κ1) is 20.4. The van der Waals surface area contributed by atoms with Gasteiger partial charge in [-0.1, -0.05) is 26.0 Å². The summed E-state index contributed by atoms with van der Waals surface area (Å²) in [5.41, 5.74) is 0.602. The van der Waals surface area contributed by atoms with Gasteiger partial charge in [-0.2, -0.15) is 0 Å². The van der Waals surface area contributed by atoms with Crippen molar-refractivity contribution < 1.29 is 19.4 Å². The quantitative estimate of drug-likeness (QED) is 0.664. The van der Waals surface area contributed by atoms with Crippen LogP contribution < -0.4 is 4.74 Å². The number of rotatable bonds is 0. The molecule has 1 aromatic carbocycles. The number of nitrogens with zero attached hydrogens (tertiary/aromatic N) is 3. The average Bonchev–Trinajstić information content (AvgIpc) is 3.34. The normalized spacial score (nSPS) is 31.2. The van der Waals surface area contributed by atoms with Gasteiger partial charge in [0.25, 0.3) is 5.91 Å². The number of amides is 2. The Balaban J connectivity index is 1.52. The van der Waals surface area contributed by atoms with Crippen molar-refractivity contribution in [3.05, 3.63) is 53.4 Å². The minimum absolute atomic E-state index is 0.0514. The Morgan fingerprint density at radius 2 is 1.94 bits per heavy atom. The van der Waals surface area contributed by atoms with Crippen molar-refractivity contribution in [2.75, 3.05) is 6.54 Å². The van der Waals surface area contributed by atoms with Gasteiger partial charge in [0.2, 0.25) is 5.91 Å². The summed E-state index contributed by atoms with van der Waals surface area (Å²) < 4.78 is 6.12. The van der Waals surface area contributed by atoms with E-state index >= 15 is 0 Å². The number of carbonyl (C=O) groups is 2. The standard InChI is InChI=1S/C26H27N3O4/c1-24(2)11-13-29-18(22(31)28-12-5-6-17(28)21(29)30)14-26(32)16-7-8-19-15(20(16)27-23(24)26)9-10-25(3,4)33-19/h6-11,13,18,32H,5,12,14H2,1-4H3/b13-11-/t18-,26-/m0/s1. The molecule has 5 aliphatic heterocycles. The van der Waals surface area contributed by atoms with Gasteiger partial charge < -0.3 is 19.6 Å². The lowest BCUT2D eigenvalue weighted by Gasteiger charge is -2.44. The van der Waals surface area contributed by atoms with Crippen LogP contribution in [-0.4, -0.2) is 50.6 Å². The smallest absolute Gasteiger partial charge is 0.274 e. The number of piperazine rings is 1. The molecule has 1 saturated heterocycles. The Labute approximate surface area is 192 Å². The van der Waals surface area contributed by atoms with Gasteiger partial charge in [-0.15, -0.1) is 0 Å². The zero-order chi connectivity index (χ0) is 23.3. The highest BCUT2D eigenvalue weighted by molar-refractivity contribution is 6.09. The highest BCUT2D eigenvalue weighted by Crippen LogP contribution is 2.53. The summed E-state index contributed by atoms with van der Waals surface area (Å²) in [5.74, 6) is 0.358. The third kappa shape index (κ3) is 2.69. The summed E-state index contributed by atoms with van der Waals surface area (Å²) in [6.07, 6.45) is 10.1. The van der Waals surface area contributed by atoms with Crippen LogP contribution in [0.2, 0.25) is 0 Å². The van der Waals surface area contributed by atoms with E-state index in [1.807, 2.05) is 64.1 Å². The second-order valence-corrected chi connectivity index (χ2v) is 10.6. The fourth-order valence-electron chi connectivity index (χ4n) is 5.66. The van der Waals surface area contributed by atoms with Crippen molar-refractivity contribution in [2.45, 2.75) is 57.8 Å². The second-order valence-electron chi connectivity index (χ2n) is 10.6. The van der Waals surface area contributed by atoms with E-state index in [0.717, 1.165) is 5.56 Å². The molecule has 6 rings (SSSR count). The highest BCUT2D eigenvalue weighted by Gasteiger charge is 2.55. The molecule has 0 spiro atoms. The predicted octanol–water partition coefficient (Wildman–Crippen LogP) is 3.42. The van der Waals surface area contributed by atoms with Gasteiger partial charge in [0, 0.05) is 35.7 Å². The molecule has 0 aromatic heterocycles. The summed E-state index contributed by atoms with van der Waals surface area (Å²) >= 11 is 0. The molecule has 1 aromatic rings. The Morgan fingerprint density at radius 1 is 1.15 bits per heavy atom. The van der Waals surface area contributed by atoms with Gasteiger partial charge >= 0.3 is 0 Å².